The van der Waals surface area contributed by atoms with Gasteiger partial charge < -0.3 is 4.74 Å². The van der Waals surface area contributed by atoms with Crippen molar-refractivity contribution in [2.75, 3.05) is 7.11 Å². The Morgan fingerprint density at radius 2 is 2.11 bits per heavy atom. The van der Waals surface area contributed by atoms with Gasteiger partial charge in [0.05, 0.1) is 0 Å². The molecule has 0 aliphatic heterocycles. The number of hydrogen-bond acceptors (Lipinski definition) is 2. The molecule has 1 fully saturated rings. The maximum Gasteiger partial charge on any atom is 0.169 e. The summed E-state index contributed by atoms with van der Waals surface area (Å²) in [5, 5.41) is 0. The molecular formula is C14H16BrFO2. The van der Waals surface area contributed by atoms with Crippen molar-refractivity contribution in [1.82, 2.24) is 0 Å². The Balaban J connectivity index is 2.18. The molecule has 0 amide bonds. The molecule has 0 bridgehead atoms. The van der Waals surface area contributed by atoms with Crippen LogP contribution in [0, 0.1) is 5.82 Å². The van der Waals surface area contributed by atoms with Crippen molar-refractivity contribution in [1.29, 1.82) is 0 Å². The van der Waals surface area contributed by atoms with Crippen LogP contribution in [0.5, 0.6) is 0 Å². The van der Waals surface area contributed by atoms with E-state index >= 15 is 0 Å². The molecule has 0 saturated heterocycles. The Labute approximate surface area is 115 Å². The number of Topliss-reactive ketones (excluding diaryl/α,β-unsaturated/α-hetero) is 1. The molecule has 4 heteroatoms. The minimum absolute atomic E-state index is 0.0144. The minimum atomic E-state index is -0.686. The number of halogens is 2. The van der Waals surface area contributed by atoms with Gasteiger partial charge in [-0.2, -0.15) is 0 Å². The van der Waals surface area contributed by atoms with Crippen LogP contribution in [-0.2, 0) is 16.0 Å². The lowest BCUT2D eigenvalue weighted by Gasteiger charge is -2.25. The van der Waals surface area contributed by atoms with Crippen LogP contribution in [0.1, 0.15) is 31.2 Å². The predicted molar refractivity (Wildman–Crippen MR) is 71.0 cm³/mol. The van der Waals surface area contributed by atoms with Gasteiger partial charge in [-0.25, -0.2) is 4.39 Å². The average Bonchev–Trinajstić information content (AvgIpc) is 2.84. The molecule has 0 aromatic heterocycles. The van der Waals surface area contributed by atoms with Crippen LogP contribution in [0.25, 0.3) is 0 Å². The summed E-state index contributed by atoms with van der Waals surface area (Å²) < 4.78 is 19.8. The summed E-state index contributed by atoms with van der Waals surface area (Å²) in [4.78, 5) is 12.3. The first-order valence-electron chi connectivity index (χ1n) is 6.10. The second-order valence-electron chi connectivity index (χ2n) is 4.74. The molecule has 1 saturated carbocycles. The number of benzene rings is 1. The van der Waals surface area contributed by atoms with Gasteiger partial charge in [0.25, 0.3) is 0 Å². The zero-order valence-electron chi connectivity index (χ0n) is 10.3. The highest BCUT2D eigenvalue weighted by Crippen LogP contribution is 2.34. The molecule has 0 spiro atoms. The first-order valence-corrected chi connectivity index (χ1v) is 6.89. The molecule has 0 heterocycles. The standard InChI is InChI=1S/C14H16BrFO2/c1-18-14(6-2-3-7-14)13(17)9-10-8-11(15)4-5-12(10)16/h4-5,8H,2-3,6-7,9H2,1H3. The zero-order chi connectivity index (χ0) is 13.2. The number of ether oxygens (including phenoxy) is 1. The van der Waals surface area contributed by atoms with E-state index in [2.05, 4.69) is 15.9 Å². The molecule has 1 aromatic rings. The SMILES string of the molecule is COC1(C(=O)Cc2cc(Br)ccc2F)CCCC1. The van der Waals surface area contributed by atoms with E-state index in [0.717, 1.165) is 30.2 Å². The van der Waals surface area contributed by atoms with Crippen molar-refractivity contribution in [3.8, 4) is 0 Å². The maximum atomic E-state index is 13.6. The van der Waals surface area contributed by atoms with Crippen LogP contribution in [0.4, 0.5) is 4.39 Å². The summed E-state index contributed by atoms with van der Waals surface area (Å²) in [6.07, 6.45) is 3.59. The summed E-state index contributed by atoms with van der Waals surface area (Å²) in [5.74, 6) is -0.352. The Morgan fingerprint density at radius 1 is 1.44 bits per heavy atom. The quantitative estimate of drug-likeness (QED) is 0.847. The highest BCUT2D eigenvalue weighted by atomic mass is 79.9. The molecular weight excluding hydrogens is 299 g/mol. The smallest absolute Gasteiger partial charge is 0.169 e. The highest BCUT2D eigenvalue weighted by Gasteiger charge is 2.40. The summed E-state index contributed by atoms with van der Waals surface area (Å²) in [7, 11) is 1.57. The lowest BCUT2D eigenvalue weighted by Crippen LogP contribution is -2.39. The molecule has 98 valence electrons. The molecule has 0 radical (unpaired) electrons. The van der Waals surface area contributed by atoms with Crippen molar-refractivity contribution in [2.24, 2.45) is 0 Å². The largest absolute Gasteiger partial charge is 0.370 e. The third-order valence-corrected chi connectivity index (χ3v) is 4.16. The Kier molecular flexibility index (Phi) is 4.17. The number of rotatable bonds is 4. The van der Waals surface area contributed by atoms with Crippen molar-refractivity contribution in [3.63, 3.8) is 0 Å². The predicted octanol–water partition coefficient (Wildman–Crippen LogP) is 3.66. The number of carbonyl (C=O) groups excluding carboxylic acids is 1. The minimum Gasteiger partial charge on any atom is -0.370 e. The van der Waals surface area contributed by atoms with Gasteiger partial charge in [0, 0.05) is 18.0 Å². The fraction of sp³-hybridized carbons (Fsp3) is 0.500. The number of methoxy groups -OCH3 is 1. The average molecular weight is 315 g/mol. The van der Waals surface area contributed by atoms with E-state index in [4.69, 9.17) is 4.74 Å². The summed E-state index contributed by atoms with van der Waals surface area (Å²) in [6, 6.07) is 4.66. The normalized spacial score (nSPS) is 17.9. The molecule has 1 aliphatic carbocycles. The van der Waals surface area contributed by atoms with Crippen molar-refractivity contribution < 1.29 is 13.9 Å². The number of carbonyl (C=O) groups is 1. The second kappa shape index (κ2) is 5.49. The van der Waals surface area contributed by atoms with Gasteiger partial charge >= 0.3 is 0 Å². The lowest BCUT2D eigenvalue weighted by atomic mass is 9.91. The molecule has 0 unspecified atom stereocenters. The van der Waals surface area contributed by atoms with E-state index in [1.54, 1.807) is 19.2 Å². The van der Waals surface area contributed by atoms with Crippen LogP contribution >= 0.6 is 15.9 Å². The van der Waals surface area contributed by atoms with Gasteiger partial charge in [0.2, 0.25) is 0 Å². The van der Waals surface area contributed by atoms with Gasteiger partial charge in [0.1, 0.15) is 11.4 Å². The summed E-state index contributed by atoms with van der Waals surface area (Å²) >= 11 is 3.29. The van der Waals surface area contributed by atoms with Gasteiger partial charge in [-0.15, -0.1) is 0 Å². The molecule has 0 atom stereocenters. The topological polar surface area (TPSA) is 26.3 Å². The van der Waals surface area contributed by atoms with Crippen LogP contribution in [0.15, 0.2) is 22.7 Å². The van der Waals surface area contributed by atoms with E-state index in [0.29, 0.717) is 5.56 Å². The molecule has 0 N–H and O–H groups in total. The first kappa shape index (κ1) is 13.7. The van der Waals surface area contributed by atoms with E-state index in [1.165, 1.54) is 6.07 Å². The van der Waals surface area contributed by atoms with E-state index < -0.39 is 5.60 Å². The molecule has 18 heavy (non-hydrogen) atoms. The molecule has 1 aliphatic rings. The highest BCUT2D eigenvalue weighted by molar-refractivity contribution is 9.10. The van der Waals surface area contributed by atoms with Gasteiger partial charge in [-0.1, -0.05) is 15.9 Å². The maximum absolute atomic E-state index is 13.6. The number of ketones is 1. The Bertz CT molecular complexity index is 453. The van der Waals surface area contributed by atoms with Crippen molar-refractivity contribution >= 4 is 21.7 Å². The third kappa shape index (κ3) is 2.64. The van der Waals surface area contributed by atoms with E-state index in [-0.39, 0.29) is 18.0 Å². The van der Waals surface area contributed by atoms with Crippen molar-refractivity contribution in [3.05, 3.63) is 34.1 Å². The number of hydrogen-bond donors (Lipinski definition) is 0. The molecule has 2 nitrogen and oxygen atoms in total. The molecule has 1 aromatic carbocycles. The fourth-order valence-electron chi connectivity index (χ4n) is 2.56. The van der Waals surface area contributed by atoms with Crippen LogP contribution in [0.3, 0.4) is 0 Å². The Hall–Kier alpha value is -0.740. The third-order valence-electron chi connectivity index (χ3n) is 3.67. The molecule has 2 rings (SSSR count). The van der Waals surface area contributed by atoms with Crippen molar-refractivity contribution in [2.45, 2.75) is 37.7 Å². The van der Waals surface area contributed by atoms with Gasteiger partial charge in [0.15, 0.2) is 5.78 Å². The monoisotopic (exact) mass is 314 g/mol. The summed E-state index contributed by atoms with van der Waals surface area (Å²) in [5.41, 5.74) is -0.257. The zero-order valence-corrected chi connectivity index (χ0v) is 11.9. The van der Waals surface area contributed by atoms with E-state index in [9.17, 15) is 9.18 Å². The van der Waals surface area contributed by atoms with Gasteiger partial charge in [-0.05, 0) is 49.4 Å². The second-order valence-corrected chi connectivity index (χ2v) is 5.66. The van der Waals surface area contributed by atoms with Crippen LogP contribution < -0.4 is 0 Å². The van der Waals surface area contributed by atoms with Crippen LogP contribution in [0.2, 0.25) is 0 Å². The van der Waals surface area contributed by atoms with Gasteiger partial charge in [-0.3, -0.25) is 4.79 Å². The van der Waals surface area contributed by atoms with Crippen LogP contribution in [-0.4, -0.2) is 18.5 Å². The first-order chi connectivity index (χ1) is 8.57. The fourth-order valence-corrected chi connectivity index (χ4v) is 2.96. The van der Waals surface area contributed by atoms with E-state index in [1.807, 2.05) is 0 Å². The Morgan fingerprint density at radius 3 is 2.72 bits per heavy atom. The summed E-state index contributed by atoms with van der Waals surface area (Å²) in [6.45, 7) is 0. The lowest BCUT2D eigenvalue weighted by molar-refractivity contribution is -0.139.